The van der Waals surface area contributed by atoms with E-state index in [4.69, 9.17) is 14.2 Å². The lowest BCUT2D eigenvalue weighted by Gasteiger charge is -2.13. The number of fused-ring (bicyclic) bond motifs is 1. The third-order valence-electron chi connectivity index (χ3n) is 4.86. The second kappa shape index (κ2) is 7.52. The molecule has 0 aliphatic heterocycles. The highest BCUT2D eigenvalue weighted by atomic mass is 32.1. The van der Waals surface area contributed by atoms with Crippen LogP contribution >= 0.6 is 11.3 Å². The number of carbonyl (C=O) groups is 1. The van der Waals surface area contributed by atoms with Crippen LogP contribution in [0.15, 0.2) is 53.4 Å². The van der Waals surface area contributed by atoms with Gasteiger partial charge in [-0.25, -0.2) is 0 Å². The van der Waals surface area contributed by atoms with Crippen molar-refractivity contribution in [1.82, 2.24) is 0 Å². The maximum atomic E-state index is 12.9. The number of carbonyl (C=O) groups excluding carboxylic acids is 1. The van der Waals surface area contributed by atoms with Crippen molar-refractivity contribution in [2.24, 2.45) is 0 Å². The number of rotatable bonds is 5. The van der Waals surface area contributed by atoms with E-state index in [0.717, 1.165) is 27.8 Å². The lowest BCUT2D eigenvalue weighted by Crippen LogP contribution is -1.97. The number of hydrogen-bond acceptors (Lipinski definition) is 5. The molecule has 0 unspecified atom stereocenters. The minimum absolute atomic E-state index is 0.0708. The fraction of sp³-hybridized carbons (Fsp3) is 0.174. The largest absolute Gasteiger partial charge is 0.493 e. The molecule has 142 valence electrons. The summed E-state index contributed by atoms with van der Waals surface area (Å²) < 4.78 is 16.2. The standard InChI is InChI=1S/C23H20O4S/c1-25-19-10-14(11-20(26-2)23(19)27-3)9-17-13-16-12-15(21-5-4-8-28-21)6-7-18(16)22(17)24/h4-12H,13H2,1-3H3. The number of thiophene rings is 1. The van der Waals surface area contributed by atoms with Crippen LogP contribution in [-0.2, 0) is 6.42 Å². The van der Waals surface area contributed by atoms with Crippen molar-refractivity contribution >= 4 is 23.2 Å². The van der Waals surface area contributed by atoms with Crippen LogP contribution in [0.2, 0.25) is 0 Å². The highest BCUT2D eigenvalue weighted by molar-refractivity contribution is 7.13. The van der Waals surface area contributed by atoms with Crippen molar-refractivity contribution in [2.45, 2.75) is 6.42 Å². The van der Waals surface area contributed by atoms with Crippen LogP contribution in [0.1, 0.15) is 21.5 Å². The molecule has 3 aromatic rings. The normalized spacial score (nSPS) is 14.2. The number of methoxy groups -OCH3 is 3. The van der Waals surface area contributed by atoms with Gasteiger partial charge in [-0.05, 0) is 52.4 Å². The first kappa shape index (κ1) is 18.3. The van der Waals surface area contributed by atoms with Crippen LogP contribution in [0.3, 0.4) is 0 Å². The zero-order valence-electron chi connectivity index (χ0n) is 15.9. The van der Waals surface area contributed by atoms with Gasteiger partial charge in [0, 0.05) is 22.4 Å². The molecule has 1 heterocycles. The van der Waals surface area contributed by atoms with Gasteiger partial charge in [-0.1, -0.05) is 18.2 Å². The molecule has 0 amide bonds. The lowest BCUT2D eigenvalue weighted by molar-refractivity contribution is 0.104. The number of ether oxygens (including phenoxy) is 3. The van der Waals surface area contributed by atoms with Crippen LogP contribution in [0.25, 0.3) is 16.5 Å². The maximum absolute atomic E-state index is 12.9. The molecule has 0 atom stereocenters. The van der Waals surface area contributed by atoms with Crippen molar-refractivity contribution in [3.63, 3.8) is 0 Å². The molecule has 1 aromatic heterocycles. The molecule has 2 aromatic carbocycles. The Bertz CT molecular complexity index is 1040. The first-order chi connectivity index (χ1) is 13.6. The quantitative estimate of drug-likeness (QED) is 0.556. The third kappa shape index (κ3) is 3.18. The van der Waals surface area contributed by atoms with E-state index >= 15 is 0 Å². The van der Waals surface area contributed by atoms with Crippen molar-refractivity contribution in [1.29, 1.82) is 0 Å². The summed E-state index contributed by atoms with van der Waals surface area (Å²) in [6, 6.07) is 13.9. The molecule has 0 saturated carbocycles. The Morgan fingerprint density at radius 2 is 1.71 bits per heavy atom. The number of hydrogen-bond donors (Lipinski definition) is 0. The number of ketones is 1. The van der Waals surface area contributed by atoms with Gasteiger partial charge in [0.05, 0.1) is 21.3 Å². The number of allylic oxidation sites excluding steroid dienone is 1. The minimum Gasteiger partial charge on any atom is -0.493 e. The summed E-state index contributed by atoms with van der Waals surface area (Å²) in [5.74, 6) is 1.74. The number of benzene rings is 2. The van der Waals surface area contributed by atoms with E-state index in [-0.39, 0.29) is 5.78 Å². The Kier molecular flexibility index (Phi) is 4.92. The Hall–Kier alpha value is -3.05. The van der Waals surface area contributed by atoms with Gasteiger partial charge < -0.3 is 14.2 Å². The molecule has 4 nitrogen and oxygen atoms in total. The van der Waals surface area contributed by atoms with Gasteiger partial charge in [0.25, 0.3) is 0 Å². The molecule has 1 aliphatic carbocycles. The minimum atomic E-state index is 0.0708. The SMILES string of the molecule is COc1cc(C=C2Cc3cc(-c4cccs4)ccc3C2=O)cc(OC)c1OC. The molecule has 0 radical (unpaired) electrons. The van der Waals surface area contributed by atoms with E-state index in [1.165, 1.54) is 4.88 Å². The van der Waals surface area contributed by atoms with Crippen LogP contribution in [0.4, 0.5) is 0 Å². The predicted octanol–water partition coefficient (Wildman–Crippen LogP) is 5.26. The van der Waals surface area contributed by atoms with Crippen LogP contribution in [-0.4, -0.2) is 27.1 Å². The fourth-order valence-corrected chi connectivity index (χ4v) is 4.24. The Morgan fingerprint density at radius 1 is 0.964 bits per heavy atom. The Balaban J connectivity index is 1.70. The molecule has 0 spiro atoms. The first-order valence-corrected chi connectivity index (χ1v) is 9.74. The molecule has 0 saturated heterocycles. The zero-order chi connectivity index (χ0) is 19.7. The van der Waals surface area contributed by atoms with Gasteiger partial charge in [-0.3, -0.25) is 4.79 Å². The zero-order valence-corrected chi connectivity index (χ0v) is 16.8. The van der Waals surface area contributed by atoms with Crippen LogP contribution < -0.4 is 14.2 Å². The molecule has 0 bridgehead atoms. The fourth-order valence-electron chi connectivity index (χ4n) is 3.52. The van der Waals surface area contributed by atoms with E-state index in [9.17, 15) is 4.79 Å². The van der Waals surface area contributed by atoms with E-state index in [1.807, 2.05) is 36.4 Å². The van der Waals surface area contributed by atoms with Gasteiger partial charge in [0.1, 0.15) is 0 Å². The van der Waals surface area contributed by atoms with Crippen molar-refractivity contribution in [2.75, 3.05) is 21.3 Å². The van der Waals surface area contributed by atoms with E-state index in [1.54, 1.807) is 32.7 Å². The molecule has 5 heteroatoms. The van der Waals surface area contributed by atoms with Gasteiger partial charge in [0.15, 0.2) is 17.3 Å². The Labute approximate surface area is 168 Å². The smallest absolute Gasteiger partial charge is 0.203 e. The van der Waals surface area contributed by atoms with Gasteiger partial charge in [0.2, 0.25) is 5.75 Å². The molecule has 0 fully saturated rings. The van der Waals surface area contributed by atoms with E-state index in [2.05, 4.69) is 17.5 Å². The lowest BCUT2D eigenvalue weighted by atomic mass is 10.1. The van der Waals surface area contributed by atoms with Crippen molar-refractivity contribution in [3.05, 3.63) is 70.1 Å². The summed E-state index contributed by atoms with van der Waals surface area (Å²) in [4.78, 5) is 14.1. The summed E-state index contributed by atoms with van der Waals surface area (Å²) in [5, 5.41) is 2.06. The second-order valence-corrected chi connectivity index (χ2v) is 7.43. The van der Waals surface area contributed by atoms with Gasteiger partial charge in [-0.2, -0.15) is 0 Å². The van der Waals surface area contributed by atoms with E-state index < -0.39 is 0 Å². The molecule has 4 rings (SSSR count). The average molecular weight is 392 g/mol. The summed E-state index contributed by atoms with van der Waals surface area (Å²) >= 11 is 1.70. The predicted molar refractivity (Wildman–Crippen MR) is 112 cm³/mol. The van der Waals surface area contributed by atoms with Gasteiger partial charge in [-0.15, -0.1) is 11.3 Å². The molecule has 1 aliphatic rings. The summed E-state index contributed by atoms with van der Waals surface area (Å²) in [6.07, 6.45) is 2.52. The maximum Gasteiger partial charge on any atom is 0.203 e. The summed E-state index contributed by atoms with van der Waals surface area (Å²) in [7, 11) is 4.73. The van der Waals surface area contributed by atoms with Crippen LogP contribution in [0, 0.1) is 0 Å². The third-order valence-corrected chi connectivity index (χ3v) is 5.78. The molecule has 0 N–H and O–H groups in total. The molecule has 28 heavy (non-hydrogen) atoms. The van der Waals surface area contributed by atoms with Crippen molar-refractivity contribution in [3.8, 4) is 27.7 Å². The van der Waals surface area contributed by atoms with Gasteiger partial charge >= 0.3 is 0 Å². The monoisotopic (exact) mass is 392 g/mol. The number of Topliss-reactive ketones (excluding diaryl/α,β-unsaturated/α-hetero) is 1. The average Bonchev–Trinajstić information content (AvgIpc) is 3.36. The van der Waals surface area contributed by atoms with E-state index in [0.29, 0.717) is 23.7 Å². The summed E-state index contributed by atoms with van der Waals surface area (Å²) in [6.45, 7) is 0. The topological polar surface area (TPSA) is 44.8 Å². The second-order valence-electron chi connectivity index (χ2n) is 6.48. The Morgan fingerprint density at radius 3 is 2.32 bits per heavy atom. The molecular weight excluding hydrogens is 372 g/mol. The highest BCUT2D eigenvalue weighted by Crippen LogP contribution is 2.39. The molecular formula is C23H20O4S. The van der Waals surface area contributed by atoms with Crippen LogP contribution in [0.5, 0.6) is 17.2 Å². The van der Waals surface area contributed by atoms with Crippen molar-refractivity contribution < 1.29 is 19.0 Å². The summed E-state index contributed by atoms with van der Waals surface area (Å²) in [5.41, 5.74) is 4.58. The first-order valence-electron chi connectivity index (χ1n) is 8.86. The highest BCUT2D eigenvalue weighted by Gasteiger charge is 2.25.